The van der Waals surface area contributed by atoms with E-state index in [0.29, 0.717) is 16.7 Å². The lowest BCUT2D eigenvalue weighted by Crippen LogP contribution is -2.44. The molecule has 4 atom stereocenters. The number of aliphatic hydroxyl groups excluding tert-OH is 2. The van der Waals surface area contributed by atoms with E-state index in [1.54, 1.807) is 57.2 Å². The van der Waals surface area contributed by atoms with Crippen LogP contribution in [0.15, 0.2) is 103 Å². The van der Waals surface area contributed by atoms with Crippen molar-refractivity contribution in [2.45, 2.75) is 82.2 Å². The third kappa shape index (κ3) is 11.1. The Morgan fingerprint density at radius 1 is 0.911 bits per heavy atom. The van der Waals surface area contributed by atoms with Gasteiger partial charge in [-0.2, -0.15) is 0 Å². The van der Waals surface area contributed by atoms with Gasteiger partial charge in [-0.15, -0.1) is 0 Å². The number of nitrogens with one attached hydrogen (secondary N) is 2. The summed E-state index contributed by atoms with van der Waals surface area (Å²) in [5.74, 6) is -3.38. The number of esters is 2. The van der Waals surface area contributed by atoms with Gasteiger partial charge in [-0.25, -0.2) is 4.79 Å². The molecule has 13 nitrogen and oxygen atoms in total. The van der Waals surface area contributed by atoms with E-state index in [2.05, 4.69) is 10.6 Å². The van der Waals surface area contributed by atoms with Crippen molar-refractivity contribution < 1.29 is 53.1 Å². The summed E-state index contributed by atoms with van der Waals surface area (Å²) in [6.07, 6.45) is 2.17. The summed E-state index contributed by atoms with van der Waals surface area (Å²) in [6.45, 7) is 4.81. The maximum Gasteiger partial charge on any atom is 0.339 e. The number of rotatable bonds is 17. The quantitative estimate of drug-likeness (QED) is 0.0874. The molecule has 2 aliphatic rings. The first-order valence-electron chi connectivity index (χ1n) is 18.7. The Balaban J connectivity index is 1.33. The van der Waals surface area contributed by atoms with Crippen molar-refractivity contribution in [3.8, 4) is 0 Å². The molecule has 3 aromatic carbocycles. The van der Waals surface area contributed by atoms with Crippen LogP contribution in [0.1, 0.15) is 73.5 Å². The molecule has 0 aromatic heterocycles. The molecule has 0 radical (unpaired) electrons. The van der Waals surface area contributed by atoms with Gasteiger partial charge in [0.2, 0.25) is 17.6 Å². The molecule has 0 spiro atoms. The lowest BCUT2D eigenvalue weighted by molar-refractivity contribution is -0.157. The topological polar surface area (TPSA) is 179 Å². The SMILES string of the molecule is CC(C)(C)OC(=O)CC[C@@H](CO)NC(=O)CCNC(=O)C1=C[C@H]2OC(c3ccccc3)(c3ccccc3)O[C@H]2[C@H](OC(=O)c2ccccc2C=COCCO)C1. The van der Waals surface area contributed by atoms with E-state index in [0.717, 1.165) is 0 Å². The van der Waals surface area contributed by atoms with Crippen LogP contribution in [0.25, 0.3) is 6.08 Å². The largest absolute Gasteiger partial charge is 0.499 e. The number of carbonyl (C=O) groups excluding carboxylic acids is 4. The third-order valence-electron chi connectivity index (χ3n) is 9.01. The van der Waals surface area contributed by atoms with Crippen molar-refractivity contribution in [2.75, 3.05) is 26.4 Å². The maximum atomic E-state index is 13.9. The van der Waals surface area contributed by atoms with Gasteiger partial charge in [0, 0.05) is 42.5 Å². The van der Waals surface area contributed by atoms with Gasteiger partial charge < -0.3 is 44.5 Å². The number of hydrogen-bond donors (Lipinski definition) is 4. The number of benzene rings is 3. The van der Waals surface area contributed by atoms with Gasteiger partial charge in [-0.05, 0) is 51.0 Å². The van der Waals surface area contributed by atoms with Crippen molar-refractivity contribution in [3.05, 3.63) is 125 Å². The molecule has 4 N–H and O–H groups in total. The van der Waals surface area contributed by atoms with Crippen LogP contribution < -0.4 is 10.6 Å². The zero-order valence-corrected chi connectivity index (χ0v) is 31.8. The number of fused-ring (bicyclic) bond motifs is 1. The monoisotopic (exact) mass is 770 g/mol. The first-order chi connectivity index (χ1) is 26.9. The Labute approximate surface area is 326 Å². The van der Waals surface area contributed by atoms with Crippen molar-refractivity contribution in [1.29, 1.82) is 0 Å². The fourth-order valence-corrected chi connectivity index (χ4v) is 6.46. The number of ether oxygens (including phenoxy) is 5. The Morgan fingerprint density at radius 3 is 2.21 bits per heavy atom. The van der Waals surface area contributed by atoms with Crippen LogP contribution in [-0.2, 0) is 43.9 Å². The van der Waals surface area contributed by atoms with Crippen LogP contribution in [0.5, 0.6) is 0 Å². The Bertz CT molecular complexity index is 1820. The third-order valence-corrected chi connectivity index (χ3v) is 9.01. The standard InChI is InChI=1S/C43H50N2O11/c1-42(2,3)55-38(49)19-18-33(28-47)45-37(48)20-22-44-40(50)30-26-35(53-41(51)34-17-11-10-12-29(34)21-24-52-25-23-46)39-36(27-30)54-43(56-39,31-13-6-4-7-14-31)32-15-8-5-9-16-32/h4-17,21,24,27,33,35-36,39,46-47H,18-20,22-23,25-26,28H2,1-3H3,(H,44,50)(H,45,48)/t33-,35+,36+,39-/m0/s1. The van der Waals surface area contributed by atoms with Crippen LogP contribution in [0.2, 0.25) is 0 Å². The van der Waals surface area contributed by atoms with Crippen LogP contribution in [0.3, 0.4) is 0 Å². The van der Waals surface area contributed by atoms with Gasteiger partial charge in [-0.3, -0.25) is 14.4 Å². The molecule has 1 heterocycles. The fraction of sp³-hybridized carbons (Fsp3) is 0.395. The van der Waals surface area contributed by atoms with Crippen molar-refractivity contribution >= 4 is 29.8 Å². The Hall–Kier alpha value is -5.34. The van der Waals surface area contributed by atoms with Gasteiger partial charge in [0.05, 0.1) is 31.1 Å². The molecule has 56 heavy (non-hydrogen) atoms. The second-order valence-electron chi connectivity index (χ2n) is 14.4. The van der Waals surface area contributed by atoms with Crippen LogP contribution in [-0.4, -0.2) is 90.3 Å². The van der Waals surface area contributed by atoms with E-state index in [4.69, 9.17) is 28.8 Å². The van der Waals surface area contributed by atoms with E-state index in [9.17, 15) is 24.3 Å². The smallest absolute Gasteiger partial charge is 0.339 e. The number of carbonyl (C=O) groups is 4. The first kappa shape index (κ1) is 41.8. The summed E-state index contributed by atoms with van der Waals surface area (Å²) >= 11 is 0. The molecule has 2 amide bonds. The fourth-order valence-electron chi connectivity index (χ4n) is 6.46. The molecular formula is C43H50N2O11. The lowest BCUT2D eigenvalue weighted by atomic mass is 9.91. The second kappa shape index (κ2) is 19.5. The normalized spacial score (nSPS) is 19.3. The van der Waals surface area contributed by atoms with E-state index in [1.165, 1.54) is 6.26 Å². The molecule has 0 unspecified atom stereocenters. The van der Waals surface area contributed by atoms with E-state index >= 15 is 0 Å². The van der Waals surface area contributed by atoms with Crippen molar-refractivity contribution in [2.24, 2.45) is 0 Å². The minimum Gasteiger partial charge on any atom is -0.499 e. The van der Waals surface area contributed by atoms with Gasteiger partial charge in [0.25, 0.3) is 0 Å². The predicted octanol–water partition coefficient (Wildman–Crippen LogP) is 4.31. The Morgan fingerprint density at radius 2 is 1.57 bits per heavy atom. The zero-order chi connectivity index (χ0) is 40.1. The van der Waals surface area contributed by atoms with Crippen LogP contribution >= 0.6 is 0 Å². The molecule has 0 bridgehead atoms. The molecule has 1 aliphatic carbocycles. The number of amides is 2. The minimum atomic E-state index is -1.39. The molecule has 1 saturated heterocycles. The van der Waals surface area contributed by atoms with Crippen LogP contribution in [0, 0.1) is 0 Å². The van der Waals surface area contributed by atoms with Gasteiger partial charge in [0.1, 0.15) is 30.5 Å². The summed E-state index contributed by atoms with van der Waals surface area (Å²) in [4.78, 5) is 52.4. The average molecular weight is 771 g/mol. The first-order valence-corrected chi connectivity index (χ1v) is 18.7. The summed E-state index contributed by atoms with van der Waals surface area (Å²) < 4.78 is 30.3. The summed E-state index contributed by atoms with van der Waals surface area (Å²) in [5.41, 5.74) is 1.83. The van der Waals surface area contributed by atoms with Gasteiger partial charge in [0.15, 0.2) is 0 Å². The van der Waals surface area contributed by atoms with Crippen molar-refractivity contribution in [3.63, 3.8) is 0 Å². The van der Waals surface area contributed by atoms with E-state index in [1.807, 2.05) is 60.7 Å². The molecular weight excluding hydrogens is 720 g/mol. The zero-order valence-electron chi connectivity index (χ0n) is 31.8. The average Bonchev–Trinajstić information content (AvgIpc) is 3.59. The highest BCUT2D eigenvalue weighted by Gasteiger charge is 2.55. The number of aliphatic hydroxyl groups is 2. The summed E-state index contributed by atoms with van der Waals surface area (Å²) in [7, 11) is 0. The molecule has 13 heteroatoms. The molecule has 5 rings (SSSR count). The number of hydrogen-bond acceptors (Lipinski definition) is 11. The summed E-state index contributed by atoms with van der Waals surface area (Å²) in [6, 6.07) is 24.9. The van der Waals surface area contributed by atoms with Gasteiger partial charge in [-0.1, -0.05) is 78.9 Å². The van der Waals surface area contributed by atoms with Gasteiger partial charge >= 0.3 is 11.9 Å². The minimum absolute atomic E-state index is 0.0111. The molecule has 298 valence electrons. The second-order valence-corrected chi connectivity index (χ2v) is 14.4. The highest BCUT2D eigenvalue weighted by atomic mass is 16.8. The molecule has 1 aliphatic heterocycles. The summed E-state index contributed by atoms with van der Waals surface area (Å²) in [5, 5.41) is 24.3. The van der Waals surface area contributed by atoms with E-state index in [-0.39, 0.29) is 63.2 Å². The maximum absolute atomic E-state index is 13.9. The molecule has 0 saturated carbocycles. The highest BCUT2D eigenvalue weighted by Crippen LogP contribution is 2.47. The lowest BCUT2D eigenvalue weighted by Gasteiger charge is -2.31. The molecule has 3 aromatic rings. The predicted molar refractivity (Wildman–Crippen MR) is 206 cm³/mol. The highest BCUT2D eigenvalue weighted by molar-refractivity contribution is 5.95. The Kier molecular flexibility index (Phi) is 14.6. The van der Waals surface area contributed by atoms with Crippen molar-refractivity contribution in [1.82, 2.24) is 10.6 Å². The van der Waals surface area contributed by atoms with Crippen LogP contribution in [0.4, 0.5) is 0 Å². The van der Waals surface area contributed by atoms with E-state index < -0.39 is 59.5 Å². The molecule has 1 fully saturated rings.